The van der Waals surface area contributed by atoms with Crippen LogP contribution in [0.1, 0.15) is 19.3 Å². The van der Waals surface area contributed by atoms with Crippen molar-refractivity contribution in [3.63, 3.8) is 0 Å². The van der Waals surface area contributed by atoms with Crippen molar-refractivity contribution in [3.05, 3.63) is 48.5 Å². The van der Waals surface area contributed by atoms with Crippen molar-refractivity contribution >= 4 is 16.8 Å². The van der Waals surface area contributed by atoms with Crippen LogP contribution in [0, 0.1) is 11.7 Å². The van der Waals surface area contributed by atoms with Crippen molar-refractivity contribution in [3.8, 4) is 11.5 Å². The molecule has 1 aliphatic rings. The van der Waals surface area contributed by atoms with Gasteiger partial charge in [-0.1, -0.05) is 18.2 Å². The summed E-state index contributed by atoms with van der Waals surface area (Å²) >= 11 is 0. The monoisotopic (exact) mass is 381 g/mol. The quantitative estimate of drug-likeness (QED) is 0.712. The van der Waals surface area contributed by atoms with Gasteiger partial charge in [0, 0.05) is 30.9 Å². The first-order valence-corrected chi connectivity index (χ1v) is 9.70. The number of pyridine rings is 1. The van der Waals surface area contributed by atoms with Gasteiger partial charge in [0.25, 0.3) is 0 Å². The third-order valence-corrected chi connectivity index (χ3v) is 5.40. The summed E-state index contributed by atoms with van der Waals surface area (Å²) in [7, 11) is 0. The number of halogens is 1. The molecule has 3 aromatic rings. The Balaban J connectivity index is 1.43. The van der Waals surface area contributed by atoms with Crippen LogP contribution >= 0.6 is 0 Å². The second-order valence-electron chi connectivity index (χ2n) is 7.35. The predicted octanol–water partition coefficient (Wildman–Crippen LogP) is 2.82. The topological polar surface area (TPSA) is 77.0 Å². The van der Waals surface area contributed by atoms with Crippen LogP contribution in [0.2, 0.25) is 0 Å². The summed E-state index contributed by atoms with van der Waals surface area (Å²) < 4.78 is 16.1. The number of primary amides is 1. The van der Waals surface area contributed by atoms with Crippen molar-refractivity contribution in [1.82, 2.24) is 19.4 Å². The molecule has 2 N–H and O–H groups in total. The van der Waals surface area contributed by atoms with Gasteiger partial charge in [-0.3, -0.25) is 4.79 Å². The summed E-state index contributed by atoms with van der Waals surface area (Å²) in [5.74, 6) is 0.177. The molecule has 4 rings (SSSR count). The molecule has 0 bridgehead atoms. The molecule has 6 nitrogen and oxygen atoms in total. The van der Waals surface area contributed by atoms with Crippen molar-refractivity contribution in [2.75, 3.05) is 19.6 Å². The van der Waals surface area contributed by atoms with E-state index in [-0.39, 0.29) is 17.6 Å². The minimum Gasteiger partial charge on any atom is -0.369 e. The number of amides is 1. The van der Waals surface area contributed by atoms with Crippen molar-refractivity contribution in [1.29, 1.82) is 0 Å². The lowest BCUT2D eigenvalue weighted by molar-refractivity contribution is -0.123. The Morgan fingerprint density at radius 3 is 3.00 bits per heavy atom. The standard InChI is InChI=1S/C21H24FN5O/c22-17-6-1-4-15-7-8-18(25-19(15)17)21-24-9-13-27(21)12-3-11-26-10-2-5-16(14-26)20(23)28/h1,4,6-9,13,16H,2-3,5,10-12,14H2,(H2,23,28). The van der Waals surface area contributed by atoms with Crippen LogP contribution in [0.3, 0.4) is 0 Å². The van der Waals surface area contributed by atoms with Gasteiger partial charge in [-0.05, 0) is 44.5 Å². The molecule has 1 unspecified atom stereocenters. The zero-order valence-corrected chi connectivity index (χ0v) is 15.7. The Morgan fingerprint density at radius 2 is 2.14 bits per heavy atom. The highest BCUT2D eigenvalue weighted by molar-refractivity contribution is 5.81. The maximum Gasteiger partial charge on any atom is 0.221 e. The van der Waals surface area contributed by atoms with Gasteiger partial charge in [0.05, 0.1) is 5.92 Å². The second kappa shape index (κ2) is 8.06. The SMILES string of the molecule is NC(=O)C1CCCN(CCCn2ccnc2-c2ccc3cccc(F)c3n2)C1. The van der Waals surface area contributed by atoms with Gasteiger partial charge in [-0.2, -0.15) is 0 Å². The van der Waals surface area contributed by atoms with E-state index in [2.05, 4.69) is 14.9 Å². The van der Waals surface area contributed by atoms with E-state index in [9.17, 15) is 9.18 Å². The zero-order chi connectivity index (χ0) is 19.5. The van der Waals surface area contributed by atoms with Crippen molar-refractivity contribution < 1.29 is 9.18 Å². The van der Waals surface area contributed by atoms with Gasteiger partial charge in [0.15, 0.2) is 5.82 Å². The van der Waals surface area contributed by atoms with Crippen molar-refractivity contribution in [2.45, 2.75) is 25.8 Å². The minimum atomic E-state index is -0.327. The van der Waals surface area contributed by atoms with E-state index < -0.39 is 0 Å². The Kier molecular flexibility index (Phi) is 5.34. The molecule has 28 heavy (non-hydrogen) atoms. The fourth-order valence-electron chi connectivity index (χ4n) is 3.91. The smallest absolute Gasteiger partial charge is 0.221 e. The van der Waals surface area contributed by atoms with E-state index in [1.807, 2.05) is 29.0 Å². The number of aryl methyl sites for hydroxylation is 1. The lowest BCUT2D eigenvalue weighted by atomic mass is 9.97. The third kappa shape index (κ3) is 3.89. The van der Waals surface area contributed by atoms with E-state index >= 15 is 0 Å². The highest BCUT2D eigenvalue weighted by Crippen LogP contribution is 2.22. The highest BCUT2D eigenvalue weighted by Gasteiger charge is 2.23. The first kappa shape index (κ1) is 18.6. The van der Waals surface area contributed by atoms with Crippen LogP contribution in [-0.4, -0.2) is 45.0 Å². The number of hydrogen-bond acceptors (Lipinski definition) is 4. The Hall–Kier alpha value is -2.80. The molecule has 0 aliphatic carbocycles. The van der Waals surface area contributed by atoms with Crippen LogP contribution in [0.15, 0.2) is 42.7 Å². The van der Waals surface area contributed by atoms with Crippen LogP contribution < -0.4 is 5.73 Å². The molecule has 146 valence electrons. The number of likely N-dealkylation sites (tertiary alicyclic amines) is 1. The highest BCUT2D eigenvalue weighted by atomic mass is 19.1. The first-order valence-electron chi connectivity index (χ1n) is 9.70. The lowest BCUT2D eigenvalue weighted by Crippen LogP contribution is -2.41. The number of rotatable bonds is 6. The van der Waals surface area contributed by atoms with Crippen molar-refractivity contribution in [2.24, 2.45) is 11.7 Å². The van der Waals surface area contributed by atoms with Gasteiger partial charge in [-0.15, -0.1) is 0 Å². The van der Waals surface area contributed by atoms with Crippen LogP contribution in [0.25, 0.3) is 22.4 Å². The molecule has 1 atom stereocenters. The second-order valence-corrected chi connectivity index (χ2v) is 7.35. The number of hydrogen-bond donors (Lipinski definition) is 1. The molecule has 0 spiro atoms. The van der Waals surface area contributed by atoms with Gasteiger partial charge in [0.2, 0.25) is 5.91 Å². The lowest BCUT2D eigenvalue weighted by Gasteiger charge is -2.31. The molecule has 1 amide bonds. The maximum atomic E-state index is 14.1. The molecule has 1 fully saturated rings. The summed E-state index contributed by atoms with van der Waals surface area (Å²) in [6.07, 6.45) is 6.49. The Labute approximate surface area is 163 Å². The van der Waals surface area contributed by atoms with E-state index in [4.69, 9.17) is 5.73 Å². The average molecular weight is 381 g/mol. The molecular formula is C21H24FN5O. The summed E-state index contributed by atoms with van der Waals surface area (Å²) in [5.41, 5.74) is 6.48. The molecule has 1 aliphatic heterocycles. The molecular weight excluding hydrogens is 357 g/mol. The molecule has 0 saturated carbocycles. The fourth-order valence-corrected chi connectivity index (χ4v) is 3.91. The fraction of sp³-hybridized carbons (Fsp3) is 0.381. The third-order valence-electron chi connectivity index (χ3n) is 5.40. The number of nitrogens with zero attached hydrogens (tertiary/aromatic N) is 4. The summed E-state index contributed by atoms with van der Waals surface area (Å²) in [6, 6.07) is 8.70. The van der Waals surface area contributed by atoms with Gasteiger partial charge < -0.3 is 15.2 Å². The minimum absolute atomic E-state index is 0.0331. The predicted molar refractivity (Wildman–Crippen MR) is 106 cm³/mol. The van der Waals surface area contributed by atoms with Crippen LogP contribution in [0.5, 0.6) is 0 Å². The van der Waals surface area contributed by atoms with Gasteiger partial charge >= 0.3 is 0 Å². The first-order chi connectivity index (χ1) is 13.6. The molecule has 0 radical (unpaired) electrons. The maximum absolute atomic E-state index is 14.1. The summed E-state index contributed by atoms with van der Waals surface area (Å²) in [5, 5.41) is 0.774. The molecule has 1 aromatic carbocycles. The normalized spacial score (nSPS) is 17.8. The van der Waals surface area contributed by atoms with Crippen LogP contribution in [-0.2, 0) is 11.3 Å². The Morgan fingerprint density at radius 1 is 1.25 bits per heavy atom. The van der Waals surface area contributed by atoms with Crippen LogP contribution in [0.4, 0.5) is 4.39 Å². The number of aromatic nitrogens is 3. The number of imidazole rings is 1. The number of para-hydroxylation sites is 1. The number of fused-ring (bicyclic) bond motifs is 1. The number of nitrogens with two attached hydrogens (primary N) is 1. The number of piperidine rings is 1. The summed E-state index contributed by atoms with van der Waals surface area (Å²) in [6.45, 7) is 3.44. The van der Waals surface area contributed by atoms with E-state index in [1.165, 1.54) is 6.07 Å². The number of carbonyl (C=O) groups excluding carboxylic acids is 1. The van der Waals surface area contributed by atoms with E-state index in [0.29, 0.717) is 11.2 Å². The largest absolute Gasteiger partial charge is 0.369 e. The number of benzene rings is 1. The Bertz CT molecular complexity index is 986. The zero-order valence-electron chi connectivity index (χ0n) is 15.7. The number of carbonyl (C=O) groups is 1. The molecule has 3 heterocycles. The molecule has 1 saturated heterocycles. The summed E-state index contributed by atoms with van der Waals surface area (Å²) in [4.78, 5) is 22.6. The van der Waals surface area contributed by atoms with Gasteiger partial charge in [-0.25, -0.2) is 14.4 Å². The molecule has 2 aromatic heterocycles. The van der Waals surface area contributed by atoms with E-state index in [0.717, 1.165) is 56.7 Å². The van der Waals surface area contributed by atoms with E-state index in [1.54, 1.807) is 12.3 Å². The average Bonchev–Trinajstić information content (AvgIpc) is 3.17. The molecule has 7 heteroatoms. The van der Waals surface area contributed by atoms with Gasteiger partial charge in [0.1, 0.15) is 17.0 Å².